The van der Waals surface area contributed by atoms with E-state index < -0.39 is 12.1 Å². The molecule has 2 aromatic rings. The fourth-order valence-corrected chi connectivity index (χ4v) is 2.24. The number of rotatable bonds is 4. The average Bonchev–Trinajstić information content (AvgIpc) is 2.46. The number of aryl methyl sites for hydroxylation is 1. The van der Waals surface area contributed by atoms with Crippen LogP contribution in [-0.4, -0.2) is 16.2 Å². The topological polar surface area (TPSA) is 57.5 Å². The Bertz CT molecular complexity index is 613. The van der Waals surface area contributed by atoms with Gasteiger partial charge in [0.25, 0.3) is 0 Å². The molecule has 0 aliphatic heterocycles. The first-order valence-electron chi connectivity index (χ1n) is 6.67. The fourth-order valence-electron chi connectivity index (χ4n) is 2.24. The van der Waals surface area contributed by atoms with Crippen LogP contribution in [0.15, 0.2) is 42.5 Å². The van der Waals surface area contributed by atoms with Gasteiger partial charge >= 0.3 is 5.97 Å². The minimum absolute atomic E-state index is 0.311. The van der Waals surface area contributed by atoms with Gasteiger partial charge in [-0.15, -0.1) is 0 Å². The molecule has 0 amide bonds. The van der Waals surface area contributed by atoms with Crippen molar-refractivity contribution in [3.8, 4) is 11.1 Å². The van der Waals surface area contributed by atoms with E-state index in [9.17, 15) is 9.90 Å². The summed E-state index contributed by atoms with van der Waals surface area (Å²) in [7, 11) is 0. The highest BCUT2D eigenvalue weighted by atomic mass is 16.4. The second kappa shape index (κ2) is 5.88. The highest BCUT2D eigenvalue weighted by Gasteiger charge is 2.09. The van der Waals surface area contributed by atoms with Gasteiger partial charge in [-0.1, -0.05) is 37.3 Å². The first kappa shape index (κ1) is 14.3. The Morgan fingerprint density at radius 3 is 2.30 bits per heavy atom. The molecule has 0 aliphatic carbocycles. The molecule has 3 heteroatoms. The third-order valence-electron chi connectivity index (χ3n) is 3.44. The summed E-state index contributed by atoms with van der Waals surface area (Å²) in [6.07, 6.45) is 0.290. The number of aliphatic hydroxyl groups excluding tert-OH is 1. The van der Waals surface area contributed by atoms with Gasteiger partial charge in [-0.25, -0.2) is 4.79 Å². The summed E-state index contributed by atoms with van der Waals surface area (Å²) in [5, 5.41) is 18.6. The van der Waals surface area contributed by atoms with Crippen molar-refractivity contribution in [1.29, 1.82) is 0 Å². The van der Waals surface area contributed by atoms with E-state index in [1.165, 1.54) is 0 Å². The van der Waals surface area contributed by atoms with Crippen LogP contribution >= 0.6 is 0 Å². The third kappa shape index (κ3) is 2.89. The first-order chi connectivity index (χ1) is 9.52. The molecule has 0 aliphatic rings. The third-order valence-corrected chi connectivity index (χ3v) is 3.44. The summed E-state index contributed by atoms with van der Waals surface area (Å²) in [5.41, 5.74) is 4.26. The van der Waals surface area contributed by atoms with Gasteiger partial charge in [0.05, 0.1) is 11.7 Å². The van der Waals surface area contributed by atoms with Crippen LogP contribution in [0.25, 0.3) is 11.1 Å². The van der Waals surface area contributed by atoms with Crippen molar-refractivity contribution in [3.05, 3.63) is 59.2 Å². The molecule has 2 N–H and O–H groups in total. The highest BCUT2D eigenvalue weighted by molar-refractivity contribution is 5.89. The number of benzene rings is 2. The molecule has 2 aromatic carbocycles. The van der Waals surface area contributed by atoms with E-state index in [2.05, 4.69) is 0 Å². The number of carboxylic acids is 1. The lowest BCUT2D eigenvalue weighted by Gasteiger charge is -2.11. The Balaban J connectivity index is 2.43. The minimum atomic E-state index is -0.907. The smallest absolute Gasteiger partial charge is 0.335 e. The van der Waals surface area contributed by atoms with E-state index in [0.29, 0.717) is 5.56 Å². The monoisotopic (exact) mass is 270 g/mol. The maximum Gasteiger partial charge on any atom is 0.335 e. The molecule has 2 rings (SSSR count). The van der Waals surface area contributed by atoms with Gasteiger partial charge in [0.2, 0.25) is 0 Å². The lowest BCUT2D eigenvalue weighted by atomic mass is 9.95. The maximum absolute atomic E-state index is 11.0. The number of carboxylic acid groups (broad SMARTS) is 1. The zero-order valence-electron chi connectivity index (χ0n) is 11.6. The lowest BCUT2D eigenvalue weighted by Crippen LogP contribution is -1.99. The average molecular weight is 270 g/mol. The lowest BCUT2D eigenvalue weighted by molar-refractivity contribution is 0.0697. The molecule has 0 spiro atoms. The number of aromatic carboxylic acids is 1. The van der Waals surface area contributed by atoms with Crippen LogP contribution in [0.3, 0.4) is 0 Å². The van der Waals surface area contributed by atoms with E-state index in [-0.39, 0.29) is 0 Å². The summed E-state index contributed by atoms with van der Waals surface area (Å²) in [6.45, 7) is 3.74. The second-order valence-corrected chi connectivity index (χ2v) is 4.83. The molecule has 20 heavy (non-hydrogen) atoms. The minimum Gasteiger partial charge on any atom is -0.478 e. The molecule has 0 fully saturated rings. The second-order valence-electron chi connectivity index (χ2n) is 4.83. The molecule has 0 aromatic heterocycles. The van der Waals surface area contributed by atoms with Crippen LogP contribution in [0.4, 0.5) is 0 Å². The van der Waals surface area contributed by atoms with Crippen molar-refractivity contribution in [3.63, 3.8) is 0 Å². The highest BCUT2D eigenvalue weighted by Crippen LogP contribution is 2.27. The molecule has 0 radical (unpaired) electrons. The van der Waals surface area contributed by atoms with Gasteiger partial charge in [0, 0.05) is 0 Å². The van der Waals surface area contributed by atoms with Crippen LogP contribution < -0.4 is 0 Å². The number of hydrogen-bond acceptors (Lipinski definition) is 2. The molecular weight excluding hydrogens is 252 g/mol. The van der Waals surface area contributed by atoms with Gasteiger partial charge in [0.1, 0.15) is 0 Å². The molecule has 0 saturated heterocycles. The number of aliphatic hydroxyl groups is 1. The predicted octanol–water partition coefficient (Wildman–Crippen LogP) is 3.67. The molecule has 104 valence electrons. The van der Waals surface area contributed by atoms with Gasteiger partial charge < -0.3 is 10.2 Å². The Morgan fingerprint density at radius 2 is 1.80 bits per heavy atom. The molecule has 1 atom stereocenters. The van der Waals surface area contributed by atoms with E-state index in [4.69, 9.17) is 5.11 Å². The van der Waals surface area contributed by atoms with Gasteiger partial charge in [-0.3, -0.25) is 0 Å². The molecule has 0 heterocycles. The molecule has 0 bridgehead atoms. The van der Waals surface area contributed by atoms with Crippen LogP contribution in [-0.2, 0) is 6.42 Å². The first-order valence-corrected chi connectivity index (χ1v) is 6.67. The zero-order chi connectivity index (χ0) is 14.7. The van der Waals surface area contributed by atoms with Crippen molar-refractivity contribution in [2.45, 2.75) is 26.4 Å². The van der Waals surface area contributed by atoms with Crippen molar-refractivity contribution < 1.29 is 15.0 Å². The largest absolute Gasteiger partial charge is 0.478 e. The van der Waals surface area contributed by atoms with Crippen LogP contribution in [0, 0.1) is 0 Å². The van der Waals surface area contributed by atoms with E-state index in [0.717, 1.165) is 28.7 Å². The fraction of sp³-hybridized carbons (Fsp3) is 0.235. The predicted molar refractivity (Wildman–Crippen MR) is 78.8 cm³/mol. The SMILES string of the molecule is CCc1cc(C(=O)O)ccc1-c1ccc(C(C)O)cc1. The Hall–Kier alpha value is -2.13. The van der Waals surface area contributed by atoms with Crippen LogP contribution in [0.2, 0.25) is 0 Å². The normalized spacial score (nSPS) is 12.2. The van der Waals surface area contributed by atoms with Crippen molar-refractivity contribution in [1.82, 2.24) is 0 Å². The molecule has 3 nitrogen and oxygen atoms in total. The summed E-state index contributed by atoms with van der Waals surface area (Å²) in [4.78, 5) is 11.0. The summed E-state index contributed by atoms with van der Waals surface area (Å²) >= 11 is 0. The quantitative estimate of drug-likeness (QED) is 0.891. The van der Waals surface area contributed by atoms with E-state index in [1.54, 1.807) is 19.1 Å². The summed E-state index contributed by atoms with van der Waals surface area (Å²) in [6, 6.07) is 12.9. The molecular formula is C17H18O3. The van der Waals surface area contributed by atoms with Crippen LogP contribution in [0.1, 0.15) is 41.4 Å². The summed E-state index contributed by atoms with van der Waals surface area (Å²) < 4.78 is 0. The van der Waals surface area contributed by atoms with Crippen molar-refractivity contribution >= 4 is 5.97 Å². The molecule has 1 unspecified atom stereocenters. The van der Waals surface area contributed by atoms with Gasteiger partial charge in [-0.05, 0) is 47.7 Å². The van der Waals surface area contributed by atoms with Crippen molar-refractivity contribution in [2.24, 2.45) is 0 Å². The van der Waals surface area contributed by atoms with Crippen molar-refractivity contribution in [2.75, 3.05) is 0 Å². The van der Waals surface area contributed by atoms with E-state index in [1.807, 2.05) is 37.3 Å². The Morgan fingerprint density at radius 1 is 1.15 bits per heavy atom. The Labute approximate surface area is 118 Å². The number of carbonyl (C=O) groups is 1. The summed E-state index contributed by atoms with van der Waals surface area (Å²) in [5.74, 6) is -0.907. The standard InChI is InChI=1S/C17H18O3/c1-3-12-10-15(17(19)20)8-9-16(12)14-6-4-13(5-7-14)11(2)18/h4-11,18H,3H2,1-2H3,(H,19,20). The Kier molecular flexibility index (Phi) is 4.20. The zero-order valence-corrected chi connectivity index (χ0v) is 11.6. The van der Waals surface area contributed by atoms with E-state index >= 15 is 0 Å². The van der Waals surface area contributed by atoms with Gasteiger partial charge in [-0.2, -0.15) is 0 Å². The number of hydrogen-bond donors (Lipinski definition) is 2. The van der Waals surface area contributed by atoms with Gasteiger partial charge in [0.15, 0.2) is 0 Å². The molecule has 0 saturated carbocycles. The van der Waals surface area contributed by atoms with Crippen LogP contribution in [0.5, 0.6) is 0 Å². The maximum atomic E-state index is 11.0.